The van der Waals surface area contributed by atoms with Crippen molar-refractivity contribution in [3.63, 3.8) is 0 Å². The zero-order chi connectivity index (χ0) is 19.1. The average Bonchev–Trinajstić information content (AvgIpc) is 2.61. The van der Waals surface area contributed by atoms with E-state index in [0.717, 1.165) is 28.1 Å². The van der Waals surface area contributed by atoms with Crippen LogP contribution in [-0.4, -0.2) is 30.4 Å². The SMILES string of the molecule is COc1ccccc1CN(CCC(=O)Nc1cc(C)ccc1C)C(C)=O. The van der Waals surface area contributed by atoms with E-state index < -0.39 is 0 Å². The summed E-state index contributed by atoms with van der Waals surface area (Å²) in [5.74, 6) is 0.555. The van der Waals surface area contributed by atoms with Crippen LogP contribution in [-0.2, 0) is 16.1 Å². The summed E-state index contributed by atoms with van der Waals surface area (Å²) in [4.78, 5) is 25.9. The first-order valence-corrected chi connectivity index (χ1v) is 8.65. The predicted octanol–water partition coefficient (Wildman–Crippen LogP) is 3.69. The molecule has 0 saturated carbocycles. The molecular formula is C21H26N2O3. The Kier molecular flexibility index (Phi) is 6.78. The summed E-state index contributed by atoms with van der Waals surface area (Å²) in [6.45, 7) is 6.22. The molecule has 0 unspecified atom stereocenters. The molecule has 2 amide bonds. The van der Waals surface area contributed by atoms with Crippen LogP contribution in [0, 0.1) is 13.8 Å². The van der Waals surface area contributed by atoms with Gasteiger partial charge in [0.05, 0.1) is 7.11 Å². The third-order valence-electron chi connectivity index (χ3n) is 4.27. The summed E-state index contributed by atoms with van der Waals surface area (Å²) < 4.78 is 5.34. The summed E-state index contributed by atoms with van der Waals surface area (Å²) in [5, 5.41) is 2.93. The minimum atomic E-state index is -0.107. The van der Waals surface area contributed by atoms with Crippen molar-refractivity contribution in [3.05, 3.63) is 59.2 Å². The molecule has 1 N–H and O–H groups in total. The second kappa shape index (κ2) is 9.04. The molecule has 5 heteroatoms. The summed E-state index contributed by atoms with van der Waals surface area (Å²) in [7, 11) is 1.61. The summed E-state index contributed by atoms with van der Waals surface area (Å²) in [5.41, 5.74) is 3.84. The molecule has 0 aliphatic heterocycles. The van der Waals surface area contributed by atoms with Gasteiger partial charge in [-0.05, 0) is 37.1 Å². The van der Waals surface area contributed by atoms with Crippen molar-refractivity contribution < 1.29 is 14.3 Å². The van der Waals surface area contributed by atoms with Crippen molar-refractivity contribution in [2.24, 2.45) is 0 Å². The number of hydrogen-bond acceptors (Lipinski definition) is 3. The Hall–Kier alpha value is -2.82. The first-order chi connectivity index (χ1) is 12.4. The zero-order valence-electron chi connectivity index (χ0n) is 15.8. The maximum atomic E-state index is 12.3. The number of nitrogens with one attached hydrogen (secondary N) is 1. The zero-order valence-corrected chi connectivity index (χ0v) is 15.8. The van der Waals surface area contributed by atoms with Crippen molar-refractivity contribution in [2.45, 2.75) is 33.7 Å². The van der Waals surface area contributed by atoms with Crippen molar-refractivity contribution in [1.29, 1.82) is 0 Å². The number of amides is 2. The topological polar surface area (TPSA) is 58.6 Å². The van der Waals surface area contributed by atoms with Gasteiger partial charge in [0.25, 0.3) is 0 Å². The minimum Gasteiger partial charge on any atom is -0.496 e. The summed E-state index contributed by atoms with van der Waals surface area (Å²) in [6, 6.07) is 13.5. The minimum absolute atomic E-state index is 0.0737. The van der Waals surface area contributed by atoms with Crippen LogP contribution in [0.25, 0.3) is 0 Å². The number of benzene rings is 2. The van der Waals surface area contributed by atoms with E-state index in [1.807, 2.05) is 56.3 Å². The van der Waals surface area contributed by atoms with Crippen LogP contribution in [0.2, 0.25) is 0 Å². The molecule has 138 valence electrons. The van der Waals surface area contributed by atoms with Crippen LogP contribution < -0.4 is 10.1 Å². The van der Waals surface area contributed by atoms with Crippen LogP contribution in [0.3, 0.4) is 0 Å². The van der Waals surface area contributed by atoms with E-state index in [4.69, 9.17) is 4.74 Å². The lowest BCUT2D eigenvalue weighted by Crippen LogP contribution is -2.31. The molecule has 0 atom stereocenters. The quantitative estimate of drug-likeness (QED) is 0.825. The van der Waals surface area contributed by atoms with E-state index >= 15 is 0 Å². The molecule has 0 bridgehead atoms. The molecule has 0 saturated heterocycles. The highest BCUT2D eigenvalue weighted by atomic mass is 16.5. The molecule has 2 aromatic carbocycles. The highest BCUT2D eigenvalue weighted by Gasteiger charge is 2.14. The van der Waals surface area contributed by atoms with E-state index in [1.54, 1.807) is 12.0 Å². The van der Waals surface area contributed by atoms with Gasteiger partial charge in [-0.25, -0.2) is 0 Å². The monoisotopic (exact) mass is 354 g/mol. The van der Waals surface area contributed by atoms with Gasteiger partial charge in [-0.1, -0.05) is 30.3 Å². The standard InChI is InChI=1S/C21H26N2O3/c1-15-9-10-16(2)19(13-15)22-21(25)11-12-23(17(3)24)14-18-7-5-6-8-20(18)26-4/h5-10,13H,11-12,14H2,1-4H3,(H,22,25). The van der Waals surface area contributed by atoms with E-state index in [0.29, 0.717) is 13.1 Å². The lowest BCUT2D eigenvalue weighted by Gasteiger charge is -2.22. The number of ether oxygens (including phenoxy) is 1. The number of carbonyl (C=O) groups is 2. The second-order valence-corrected chi connectivity index (χ2v) is 6.37. The Morgan fingerprint density at radius 2 is 1.85 bits per heavy atom. The summed E-state index contributed by atoms with van der Waals surface area (Å²) in [6.07, 6.45) is 0.238. The lowest BCUT2D eigenvalue weighted by molar-refractivity contribution is -0.129. The average molecular weight is 354 g/mol. The first-order valence-electron chi connectivity index (χ1n) is 8.65. The van der Waals surface area contributed by atoms with Crippen molar-refractivity contribution >= 4 is 17.5 Å². The predicted molar refractivity (Wildman–Crippen MR) is 103 cm³/mol. The fourth-order valence-electron chi connectivity index (χ4n) is 2.71. The number of para-hydroxylation sites is 1. The van der Waals surface area contributed by atoms with Crippen LogP contribution in [0.5, 0.6) is 5.75 Å². The number of anilines is 1. The molecule has 0 spiro atoms. The first kappa shape index (κ1) is 19.5. The molecule has 0 aliphatic carbocycles. The number of carbonyl (C=O) groups excluding carboxylic acids is 2. The smallest absolute Gasteiger partial charge is 0.226 e. The highest BCUT2D eigenvalue weighted by Crippen LogP contribution is 2.20. The van der Waals surface area contributed by atoms with Gasteiger partial charge in [-0.2, -0.15) is 0 Å². The third kappa shape index (κ3) is 5.34. The normalized spacial score (nSPS) is 10.3. The van der Waals surface area contributed by atoms with Gasteiger partial charge in [0.1, 0.15) is 5.75 Å². The molecule has 2 aromatic rings. The number of aryl methyl sites for hydroxylation is 2. The molecule has 0 fully saturated rings. The second-order valence-electron chi connectivity index (χ2n) is 6.37. The molecule has 0 radical (unpaired) electrons. The van der Waals surface area contributed by atoms with Gasteiger partial charge in [0.15, 0.2) is 0 Å². The molecule has 0 aliphatic rings. The maximum absolute atomic E-state index is 12.3. The van der Waals surface area contributed by atoms with Crippen LogP contribution in [0.15, 0.2) is 42.5 Å². The van der Waals surface area contributed by atoms with E-state index in [9.17, 15) is 9.59 Å². The largest absolute Gasteiger partial charge is 0.496 e. The van der Waals surface area contributed by atoms with Crippen molar-refractivity contribution in [1.82, 2.24) is 4.90 Å². The van der Waals surface area contributed by atoms with Gasteiger partial charge >= 0.3 is 0 Å². The Morgan fingerprint density at radius 1 is 1.12 bits per heavy atom. The Bertz CT molecular complexity index is 787. The molecule has 2 rings (SSSR count). The fraction of sp³-hybridized carbons (Fsp3) is 0.333. The Balaban J connectivity index is 1.98. The number of rotatable bonds is 7. The van der Waals surface area contributed by atoms with Crippen LogP contribution >= 0.6 is 0 Å². The third-order valence-corrected chi connectivity index (χ3v) is 4.27. The van der Waals surface area contributed by atoms with Gasteiger partial charge in [-0.15, -0.1) is 0 Å². The number of hydrogen-bond donors (Lipinski definition) is 1. The fourth-order valence-corrected chi connectivity index (χ4v) is 2.71. The Labute approximate surface area is 155 Å². The van der Waals surface area contributed by atoms with Gasteiger partial charge in [-0.3, -0.25) is 9.59 Å². The van der Waals surface area contributed by atoms with Crippen LogP contribution in [0.4, 0.5) is 5.69 Å². The maximum Gasteiger partial charge on any atom is 0.226 e. The van der Waals surface area contributed by atoms with E-state index in [1.165, 1.54) is 6.92 Å². The number of methoxy groups -OCH3 is 1. The van der Waals surface area contributed by atoms with E-state index in [2.05, 4.69) is 5.32 Å². The van der Waals surface area contributed by atoms with Crippen LogP contribution in [0.1, 0.15) is 30.0 Å². The van der Waals surface area contributed by atoms with Gasteiger partial charge in [0.2, 0.25) is 11.8 Å². The molecule has 0 aromatic heterocycles. The summed E-state index contributed by atoms with van der Waals surface area (Å²) >= 11 is 0. The van der Waals surface area contributed by atoms with Gasteiger partial charge < -0.3 is 15.0 Å². The lowest BCUT2D eigenvalue weighted by atomic mass is 10.1. The molecule has 26 heavy (non-hydrogen) atoms. The van der Waals surface area contributed by atoms with Gasteiger partial charge in [0, 0.05) is 37.7 Å². The Morgan fingerprint density at radius 3 is 2.54 bits per heavy atom. The number of nitrogens with zero attached hydrogens (tertiary/aromatic N) is 1. The molecule has 5 nitrogen and oxygen atoms in total. The van der Waals surface area contributed by atoms with Crippen molar-refractivity contribution in [2.75, 3.05) is 19.0 Å². The van der Waals surface area contributed by atoms with E-state index in [-0.39, 0.29) is 18.2 Å². The highest BCUT2D eigenvalue weighted by molar-refractivity contribution is 5.92. The molecule has 0 heterocycles. The molecular weight excluding hydrogens is 328 g/mol. The van der Waals surface area contributed by atoms with Crippen molar-refractivity contribution in [3.8, 4) is 5.75 Å².